The molecule has 3 amide bonds. The maximum Gasteiger partial charge on any atom is 0.270 e. The molecule has 0 spiro atoms. The molecule has 1 atom stereocenters. The number of rotatable bonds is 3. The van der Waals surface area contributed by atoms with Crippen LogP contribution in [0.5, 0.6) is 0 Å². The van der Waals surface area contributed by atoms with E-state index in [-0.39, 0.29) is 24.4 Å². The molecule has 8 nitrogen and oxygen atoms in total. The molecular formula is C15H15N5O3. The number of aryl methyl sites for hydroxylation is 1. The molecule has 1 aliphatic heterocycles. The standard InChI is InChI=1S/C15H15N5O3/c1-9-6-11(17-12(7-9)20-5-4-16-8-20)15(23)18-10-2-3-13(21)19-14(10)22/h4-8,10H,2-3H2,1H3,(H,18,23)(H,19,21,22)/t10-/m1/s1. The van der Waals surface area contributed by atoms with Crippen molar-refractivity contribution in [1.82, 2.24) is 25.2 Å². The van der Waals surface area contributed by atoms with E-state index in [4.69, 9.17) is 0 Å². The Morgan fingerprint density at radius 3 is 2.91 bits per heavy atom. The third-order valence-corrected chi connectivity index (χ3v) is 3.50. The predicted octanol–water partition coefficient (Wildman–Crippen LogP) is 0.111. The summed E-state index contributed by atoms with van der Waals surface area (Å²) in [6.45, 7) is 1.85. The Kier molecular flexibility index (Phi) is 3.88. The van der Waals surface area contributed by atoms with Gasteiger partial charge >= 0.3 is 0 Å². The van der Waals surface area contributed by atoms with E-state index in [1.807, 2.05) is 13.0 Å². The number of nitrogens with zero attached hydrogens (tertiary/aromatic N) is 3. The number of carbonyl (C=O) groups is 3. The topological polar surface area (TPSA) is 106 Å². The van der Waals surface area contributed by atoms with Crippen molar-refractivity contribution in [3.63, 3.8) is 0 Å². The lowest BCUT2D eigenvalue weighted by Gasteiger charge is -2.21. The largest absolute Gasteiger partial charge is 0.339 e. The van der Waals surface area contributed by atoms with E-state index < -0.39 is 17.9 Å². The van der Waals surface area contributed by atoms with E-state index in [1.54, 1.807) is 29.4 Å². The number of hydrogen-bond acceptors (Lipinski definition) is 5. The second-order valence-corrected chi connectivity index (χ2v) is 5.34. The number of pyridine rings is 1. The Morgan fingerprint density at radius 1 is 1.39 bits per heavy atom. The Bertz CT molecular complexity index is 769. The minimum atomic E-state index is -0.723. The highest BCUT2D eigenvalue weighted by Gasteiger charge is 2.28. The van der Waals surface area contributed by atoms with Crippen molar-refractivity contribution in [3.8, 4) is 5.82 Å². The molecule has 1 saturated heterocycles. The van der Waals surface area contributed by atoms with Crippen LogP contribution in [-0.2, 0) is 9.59 Å². The normalized spacial score (nSPS) is 17.7. The van der Waals surface area contributed by atoms with Crippen molar-refractivity contribution in [2.75, 3.05) is 0 Å². The lowest BCUT2D eigenvalue weighted by atomic mass is 10.1. The molecule has 0 bridgehead atoms. The van der Waals surface area contributed by atoms with Gasteiger partial charge in [-0.3, -0.25) is 24.3 Å². The molecule has 3 heterocycles. The van der Waals surface area contributed by atoms with Crippen LogP contribution in [0.3, 0.4) is 0 Å². The van der Waals surface area contributed by atoms with Crippen molar-refractivity contribution in [2.24, 2.45) is 0 Å². The van der Waals surface area contributed by atoms with Gasteiger partial charge in [-0.25, -0.2) is 9.97 Å². The van der Waals surface area contributed by atoms with Gasteiger partial charge in [-0.1, -0.05) is 0 Å². The van der Waals surface area contributed by atoms with Crippen molar-refractivity contribution in [2.45, 2.75) is 25.8 Å². The summed E-state index contributed by atoms with van der Waals surface area (Å²) in [4.78, 5) is 43.4. The number of piperidine rings is 1. The summed E-state index contributed by atoms with van der Waals surface area (Å²) in [5.41, 5.74) is 1.07. The van der Waals surface area contributed by atoms with E-state index in [1.165, 1.54) is 0 Å². The molecule has 3 rings (SSSR count). The number of imide groups is 1. The minimum absolute atomic E-state index is 0.207. The number of nitrogens with one attached hydrogen (secondary N) is 2. The Balaban J connectivity index is 1.80. The highest BCUT2D eigenvalue weighted by Crippen LogP contribution is 2.11. The highest BCUT2D eigenvalue weighted by molar-refractivity contribution is 6.03. The average Bonchev–Trinajstić information content (AvgIpc) is 3.04. The van der Waals surface area contributed by atoms with Crippen LogP contribution >= 0.6 is 0 Å². The van der Waals surface area contributed by atoms with E-state index >= 15 is 0 Å². The maximum absolute atomic E-state index is 12.4. The van der Waals surface area contributed by atoms with E-state index in [2.05, 4.69) is 20.6 Å². The molecular weight excluding hydrogens is 298 g/mol. The van der Waals surface area contributed by atoms with E-state index in [0.717, 1.165) is 5.56 Å². The van der Waals surface area contributed by atoms with Gasteiger partial charge in [0.05, 0.1) is 0 Å². The molecule has 118 valence electrons. The third kappa shape index (κ3) is 3.25. The predicted molar refractivity (Wildman–Crippen MR) is 79.7 cm³/mol. The van der Waals surface area contributed by atoms with Crippen LogP contribution in [0.25, 0.3) is 5.82 Å². The summed E-state index contributed by atoms with van der Waals surface area (Å²) >= 11 is 0. The van der Waals surface area contributed by atoms with Gasteiger partial charge in [0.25, 0.3) is 5.91 Å². The van der Waals surface area contributed by atoms with Gasteiger partial charge in [-0.15, -0.1) is 0 Å². The molecule has 2 aromatic heterocycles. The maximum atomic E-state index is 12.4. The van der Waals surface area contributed by atoms with Crippen molar-refractivity contribution < 1.29 is 14.4 Å². The zero-order valence-corrected chi connectivity index (χ0v) is 12.4. The van der Waals surface area contributed by atoms with Crippen LogP contribution in [0, 0.1) is 6.92 Å². The number of carbonyl (C=O) groups excluding carboxylic acids is 3. The first kappa shape index (κ1) is 14.9. The van der Waals surface area contributed by atoms with Gasteiger partial charge in [0, 0.05) is 18.8 Å². The van der Waals surface area contributed by atoms with Crippen LogP contribution < -0.4 is 10.6 Å². The zero-order valence-electron chi connectivity index (χ0n) is 12.4. The molecule has 8 heteroatoms. The van der Waals surface area contributed by atoms with E-state index in [9.17, 15) is 14.4 Å². The molecule has 23 heavy (non-hydrogen) atoms. The molecule has 0 aliphatic carbocycles. The first-order chi connectivity index (χ1) is 11.0. The summed E-state index contributed by atoms with van der Waals surface area (Å²) in [5.74, 6) is -0.700. The highest BCUT2D eigenvalue weighted by atomic mass is 16.2. The molecule has 2 N–H and O–H groups in total. The molecule has 0 radical (unpaired) electrons. The van der Waals surface area contributed by atoms with Gasteiger partial charge in [0.15, 0.2) is 0 Å². The summed E-state index contributed by atoms with van der Waals surface area (Å²) in [5, 5.41) is 4.82. The van der Waals surface area contributed by atoms with Gasteiger partial charge in [-0.05, 0) is 31.0 Å². The molecule has 0 unspecified atom stereocenters. The molecule has 1 fully saturated rings. The quantitative estimate of drug-likeness (QED) is 0.782. The second kappa shape index (κ2) is 5.99. The summed E-state index contributed by atoms with van der Waals surface area (Å²) < 4.78 is 1.69. The van der Waals surface area contributed by atoms with Crippen LogP contribution in [-0.4, -0.2) is 38.3 Å². The first-order valence-corrected chi connectivity index (χ1v) is 7.14. The van der Waals surface area contributed by atoms with Crippen LogP contribution in [0.1, 0.15) is 28.9 Å². The monoisotopic (exact) mass is 313 g/mol. The number of hydrogen-bond donors (Lipinski definition) is 2. The van der Waals surface area contributed by atoms with E-state index in [0.29, 0.717) is 5.82 Å². The molecule has 0 saturated carbocycles. The first-order valence-electron chi connectivity index (χ1n) is 7.14. The van der Waals surface area contributed by atoms with Gasteiger partial charge in [-0.2, -0.15) is 0 Å². The van der Waals surface area contributed by atoms with Gasteiger partial charge in [0.1, 0.15) is 23.9 Å². The van der Waals surface area contributed by atoms with Crippen molar-refractivity contribution >= 4 is 17.7 Å². The zero-order chi connectivity index (χ0) is 16.4. The van der Waals surface area contributed by atoms with Crippen LogP contribution in [0.2, 0.25) is 0 Å². The fourth-order valence-corrected chi connectivity index (χ4v) is 2.36. The lowest BCUT2D eigenvalue weighted by molar-refractivity contribution is -0.134. The summed E-state index contributed by atoms with van der Waals surface area (Å²) in [7, 11) is 0. The fourth-order valence-electron chi connectivity index (χ4n) is 2.36. The number of imidazole rings is 1. The Morgan fingerprint density at radius 2 is 2.22 bits per heavy atom. The second-order valence-electron chi connectivity index (χ2n) is 5.34. The number of amides is 3. The molecule has 1 aliphatic rings. The number of aromatic nitrogens is 3. The Labute approximate surface area is 131 Å². The summed E-state index contributed by atoms with van der Waals surface area (Å²) in [6.07, 6.45) is 5.43. The van der Waals surface area contributed by atoms with Gasteiger partial charge in [0.2, 0.25) is 11.8 Å². The molecule has 0 aromatic carbocycles. The minimum Gasteiger partial charge on any atom is -0.339 e. The molecule has 2 aromatic rings. The van der Waals surface area contributed by atoms with Crippen molar-refractivity contribution in [3.05, 3.63) is 42.1 Å². The summed E-state index contributed by atoms with van der Waals surface area (Å²) in [6, 6.07) is 2.74. The van der Waals surface area contributed by atoms with Crippen molar-refractivity contribution in [1.29, 1.82) is 0 Å². The average molecular weight is 313 g/mol. The Hall–Kier alpha value is -3.03. The third-order valence-electron chi connectivity index (χ3n) is 3.50. The van der Waals surface area contributed by atoms with Crippen LogP contribution in [0.15, 0.2) is 30.9 Å². The van der Waals surface area contributed by atoms with Crippen LogP contribution in [0.4, 0.5) is 0 Å². The fraction of sp³-hybridized carbons (Fsp3) is 0.267. The SMILES string of the molecule is Cc1cc(C(=O)N[C@@H]2CCC(=O)NC2=O)nc(-n2ccnc2)c1. The lowest BCUT2D eigenvalue weighted by Crippen LogP contribution is -2.52. The van der Waals surface area contributed by atoms with Gasteiger partial charge < -0.3 is 5.32 Å². The smallest absolute Gasteiger partial charge is 0.270 e.